The van der Waals surface area contributed by atoms with Gasteiger partial charge in [0.2, 0.25) is 0 Å². The average molecular weight is 231 g/mol. The molecular weight excluding hydrogens is 223 g/mol. The zero-order chi connectivity index (χ0) is 10.3. The molecule has 0 bridgehead atoms. The third-order valence-electron chi connectivity index (χ3n) is 0.664. The Morgan fingerprint density at radius 3 is 1.00 bits per heavy atom. The van der Waals surface area contributed by atoms with Gasteiger partial charge in [0.1, 0.15) is 0 Å². The van der Waals surface area contributed by atoms with E-state index in [1.807, 2.05) is 0 Å². The van der Waals surface area contributed by atoms with Crippen molar-refractivity contribution in [3.05, 3.63) is 0 Å². The largest absolute Gasteiger partial charge is 0.848 e. The molecule has 0 heterocycles. The second-order valence-electron chi connectivity index (χ2n) is 1.92. The van der Waals surface area contributed by atoms with Crippen molar-refractivity contribution >= 4 is 11.9 Å². The van der Waals surface area contributed by atoms with Crippen LogP contribution in [0.4, 0.5) is 0 Å². The van der Waals surface area contributed by atoms with Crippen LogP contribution in [0.25, 0.3) is 0 Å². The quantitative estimate of drug-likeness (QED) is 0.437. The first-order chi connectivity index (χ1) is 5.29. The van der Waals surface area contributed by atoms with Gasteiger partial charge in [-0.15, -0.1) is 0 Å². The first-order valence-electron chi connectivity index (χ1n) is 3.02. The molecular formula is C6H8MnO6-4. The summed E-state index contributed by atoms with van der Waals surface area (Å²) < 4.78 is 0. The van der Waals surface area contributed by atoms with E-state index in [0.29, 0.717) is 0 Å². The third-order valence-corrected chi connectivity index (χ3v) is 0.664. The molecule has 0 aliphatic heterocycles. The summed E-state index contributed by atoms with van der Waals surface area (Å²) in [5.41, 5.74) is 0. The molecule has 1 radical (unpaired) electrons. The Kier molecular flexibility index (Phi) is 13.3. The average Bonchev–Trinajstić information content (AvgIpc) is 1.88. The van der Waals surface area contributed by atoms with Gasteiger partial charge in [-0.3, -0.25) is 0 Å². The SMILES string of the molecule is CC([O-])C(=O)[O-].CC([O-])C(=O)[O-].[Mn]. The molecule has 2 unspecified atom stereocenters. The van der Waals surface area contributed by atoms with Gasteiger partial charge in [0.25, 0.3) is 0 Å². The van der Waals surface area contributed by atoms with E-state index in [4.69, 9.17) is 0 Å². The molecule has 0 N–H and O–H groups in total. The molecule has 0 aromatic carbocycles. The Morgan fingerprint density at radius 2 is 1.00 bits per heavy atom. The van der Waals surface area contributed by atoms with Crippen molar-refractivity contribution in [1.29, 1.82) is 0 Å². The minimum Gasteiger partial charge on any atom is -0.848 e. The summed E-state index contributed by atoms with van der Waals surface area (Å²) in [5.74, 6) is -3.09. The van der Waals surface area contributed by atoms with Crippen molar-refractivity contribution in [2.45, 2.75) is 26.1 Å². The zero-order valence-electron chi connectivity index (χ0n) is 6.98. The predicted octanol–water partition coefficient (Wildman–Crippen LogP) is -5.03. The van der Waals surface area contributed by atoms with Gasteiger partial charge in [-0.1, -0.05) is 26.1 Å². The second-order valence-corrected chi connectivity index (χ2v) is 1.92. The van der Waals surface area contributed by atoms with E-state index in [1.165, 1.54) is 0 Å². The molecule has 0 saturated carbocycles. The Morgan fingerprint density at radius 1 is 0.923 bits per heavy atom. The first-order valence-corrected chi connectivity index (χ1v) is 3.02. The molecule has 6 nitrogen and oxygen atoms in total. The van der Waals surface area contributed by atoms with E-state index >= 15 is 0 Å². The maximum absolute atomic E-state index is 9.56. The van der Waals surface area contributed by atoms with E-state index < -0.39 is 24.1 Å². The minimum absolute atomic E-state index is 0. The summed E-state index contributed by atoms with van der Waals surface area (Å²) in [5, 5.41) is 37.7. The topological polar surface area (TPSA) is 126 Å². The van der Waals surface area contributed by atoms with Gasteiger partial charge in [0, 0.05) is 29.0 Å². The van der Waals surface area contributed by atoms with Gasteiger partial charge in [-0.05, 0) is 0 Å². The van der Waals surface area contributed by atoms with Crippen LogP contribution in [0.2, 0.25) is 0 Å². The van der Waals surface area contributed by atoms with Crippen LogP contribution in [0, 0.1) is 0 Å². The summed E-state index contributed by atoms with van der Waals surface area (Å²) in [7, 11) is 0. The van der Waals surface area contributed by atoms with Crippen molar-refractivity contribution < 1.29 is 47.1 Å². The molecule has 79 valence electrons. The summed E-state index contributed by atoms with van der Waals surface area (Å²) in [6.45, 7) is 2.05. The predicted molar refractivity (Wildman–Crippen MR) is 28.9 cm³/mol. The van der Waals surface area contributed by atoms with Crippen LogP contribution in [0.1, 0.15) is 13.8 Å². The molecule has 0 amide bonds. The smallest absolute Gasteiger partial charge is 0.0276 e. The number of carbonyl (C=O) groups is 2. The van der Waals surface area contributed by atoms with E-state index in [9.17, 15) is 30.0 Å². The molecule has 0 aliphatic rings. The monoisotopic (exact) mass is 231 g/mol. The van der Waals surface area contributed by atoms with Gasteiger partial charge in [-0.25, -0.2) is 0 Å². The van der Waals surface area contributed by atoms with Crippen LogP contribution < -0.4 is 20.4 Å². The van der Waals surface area contributed by atoms with Crippen molar-refractivity contribution in [3.63, 3.8) is 0 Å². The molecule has 0 rings (SSSR count). The molecule has 0 fully saturated rings. The van der Waals surface area contributed by atoms with Crippen molar-refractivity contribution in [3.8, 4) is 0 Å². The Balaban J connectivity index is -0.000000143. The van der Waals surface area contributed by atoms with Gasteiger partial charge in [-0.2, -0.15) is 0 Å². The Labute approximate surface area is 85.7 Å². The number of hydrogen-bond acceptors (Lipinski definition) is 6. The summed E-state index contributed by atoms with van der Waals surface area (Å²) in [6, 6.07) is 0. The number of carbonyl (C=O) groups excluding carboxylic acids is 2. The molecule has 0 aromatic heterocycles. The van der Waals surface area contributed by atoms with Crippen molar-refractivity contribution in [2.75, 3.05) is 0 Å². The van der Waals surface area contributed by atoms with Gasteiger partial charge < -0.3 is 30.0 Å². The Bertz CT molecular complexity index is 137. The third kappa shape index (κ3) is 18.4. The number of carboxylic acids is 2. The standard InChI is InChI=1S/2C3H5O3.Mn/c2*1-2(4)3(5)6;/h2*2H,1H3,(H,5,6);/q2*-1;/p-2. The fourth-order valence-corrected chi connectivity index (χ4v) is 0. The van der Waals surface area contributed by atoms with Gasteiger partial charge in [0.05, 0.1) is 0 Å². The normalized spacial score (nSPS) is 12.6. The number of rotatable bonds is 2. The fourth-order valence-electron chi connectivity index (χ4n) is 0. The summed E-state index contributed by atoms with van der Waals surface area (Å²) in [4.78, 5) is 18.6. The van der Waals surface area contributed by atoms with Crippen LogP contribution >= 0.6 is 0 Å². The first kappa shape index (κ1) is 18.2. The number of hydrogen-bond donors (Lipinski definition) is 0. The van der Waals surface area contributed by atoms with E-state index in [2.05, 4.69) is 0 Å². The van der Waals surface area contributed by atoms with Gasteiger partial charge in [0.15, 0.2) is 0 Å². The Hall–Kier alpha value is -0.621. The van der Waals surface area contributed by atoms with E-state index in [1.54, 1.807) is 0 Å². The second kappa shape index (κ2) is 9.47. The molecule has 13 heavy (non-hydrogen) atoms. The van der Waals surface area contributed by atoms with Crippen molar-refractivity contribution in [2.24, 2.45) is 0 Å². The van der Waals surface area contributed by atoms with Crippen LogP contribution in [0.15, 0.2) is 0 Å². The zero-order valence-corrected chi connectivity index (χ0v) is 8.16. The molecule has 0 aromatic rings. The molecule has 0 aliphatic carbocycles. The van der Waals surface area contributed by atoms with Crippen LogP contribution in [0.3, 0.4) is 0 Å². The molecule has 0 saturated heterocycles. The number of aliphatic carboxylic acids is 2. The van der Waals surface area contributed by atoms with Crippen LogP contribution in [-0.2, 0) is 26.7 Å². The van der Waals surface area contributed by atoms with Crippen molar-refractivity contribution in [1.82, 2.24) is 0 Å². The maximum atomic E-state index is 9.56. The minimum atomic E-state index is -1.59. The van der Waals surface area contributed by atoms with Crippen LogP contribution in [0.5, 0.6) is 0 Å². The van der Waals surface area contributed by atoms with Crippen LogP contribution in [-0.4, -0.2) is 24.1 Å². The number of carboxylic acid groups (broad SMARTS) is 2. The molecule has 7 heteroatoms. The summed E-state index contributed by atoms with van der Waals surface area (Å²) >= 11 is 0. The summed E-state index contributed by atoms with van der Waals surface area (Å²) in [6.07, 6.45) is -3.19. The van der Waals surface area contributed by atoms with E-state index in [-0.39, 0.29) is 17.1 Å². The fraction of sp³-hybridized carbons (Fsp3) is 0.667. The molecule has 2 atom stereocenters. The maximum Gasteiger partial charge on any atom is 0.0276 e. The van der Waals surface area contributed by atoms with Gasteiger partial charge >= 0.3 is 0 Å². The van der Waals surface area contributed by atoms with E-state index in [0.717, 1.165) is 13.8 Å². The molecule has 0 spiro atoms.